The molecule has 1 atom stereocenters. The predicted molar refractivity (Wildman–Crippen MR) is 66.1 cm³/mol. The van der Waals surface area contributed by atoms with Crippen molar-refractivity contribution in [2.75, 3.05) is 19.6 Å². The number of carbonyl (C=O) groups is 2. The molecule has 0 spiro atoms. The van der Waals surface area contributed by atoms with Gasteiger partial charge in [-0.05, 0) is 32.9 Å². The molecular formula is C12H23N3O2. The fourth-order valence-electron chi connectivity index (χ4n) is 2.13. The molecule has 0 saturated carbocycles. The van der Waals surface area contributed by atoms with Crippen LogP contribution in [-0.4, -0.2) is 47.4 Å². The highest BCUT2D eigenvalue weighted by Gasteiger charge is 2.30. The number of hydrogen-bond acceptors (Lipinski definition) is 3. The summed E-state index contributed by atoms with van der Waals surface area (Å²) in [5, 5.41) is 1.47. The molecule has 1 aliphatic heterocycles. The third-order valence-electron chi connectivity index (χ3n) is 2.87. The highest BCUT2D eigenvalue weighted by atomic mass is 16.2. The van der Waals surface area contributed by atoms with E-state index in [1.54, 1.807) is 0 Å². The number of amides is 2. The largest absolute Gasteiger partial charge is 0.294 e. The van der Waals surface area contributed by atoms with Gasteiger partial charge in [0, 0.05) is 0 Å². The lowest BCUT2D eigenvalue weighted by molar-refractivity contribution is -0.138. The quantitative estimate of drug-likeness (QED) is 0.747. The van der Waals surface area contributed by atoms with Gasteiger partial charge in [-0.1, -0.05) is 13.8 Å². The first-order valence-electron chi connectivity index (χ1n) is 6.42. The van der Waals surface area contributed by atoms with Gasteiger partial charge in [0.2, 0.25) is 5.91 Å². The number of nitrogens with one attached hydrogen (secondary N) is 1. The molecule has 1 heterocycles. The molecule has 1 aliphatic rings. The molecule has 1 saturated heterocycles. The number of rotatable bonds is 6. The Morgan fingerprint density at radius 3 is 2.41 bits per heavy atom. The van der Waals surface area contributed by atoms with E-state index in [0.717, 1.165) is 25.9 Å². The molecule has 0 bridgehead atoms. The van der Waals surface area contributed by atoms with Crippen molar-refractivity contribution in [2.24, 2.45) is 0 Å². The average molecular weight is 241 g/mol. The Bertz CT molecular complexity index is 275. The van der Waals surface area contributed by atoms with Gasteiger partial charge in [-0.2, -0.15) is 0 Å². The van der Waals surface area contributed by atoms with Crippen molar-refractivity contribution < 1.29 is 9.59 Å². The van der Waals surface area contributed by atoms with E-state index in [4.69, 9.17) is 0 Å². The minimum Gasteiger partial charge on any atom is -0.294 e. The summed E-state index contributed by atoms with van der Waals surface area (Å²) < 4.78 is 0. The van der Waals surface area contributed by atoms with Crippen LogP contribution in [-0.2, 0) is 9.59 Å². The fourth-order valence-corrected chi connectivity index (χ4v) is 2.13. The molecule has 1 unspecified atom stereocenters. The number of nitrogens with zero attached hydrogens (tertiary/aromatic N) is 2. The van der Waals surface area contributed by atoms with Crippen molar-refractivity contribution >= 4 is 11.8 Å². The standard InChI is InChI=1S/C12H23N3O2/c1-4-6-14(7-5-2)9-12(17)15-10(3)8-11(16)13-15/h10H,4-9H2,1-3H3,(H,13,16). The van der Waals surface area contributed by atoms with Gasteiger partial charge >= 0.3 is 0 Å². The van der Waals surface area contributed by atoms with Crippen LogP contribution in [0.2, 0.25) is 0 Å². The van der Waals surface area contributed by atoms with E-state index in [1.165, 1.54) is 5.01 Å². The molecule has 98 valence electrons. The average Bonchev–Trinajstić information content (AvgIpc) is 2.58. The highest BCUT2D eigenvalue weighted by Crippen LogP contribution is 2.09. The second-order valence-corrected chi connectivity index (χ2v) is 4.63. The van der Waals surface area contributed by atoms with Crippen molar-refractivity contribution in [3.05, 3.63) is 0 Å². The van der Waals surface area contributed by atoms with Crippen LogP contribution in [0, 0.1) is 0 Å². The molecule has 1 fully saturated rings. The topological polar surface area (TPSA) is 52.7 Å². The lowest BCUT2D eigenvalue weighted by Crippen LogP contribution is -2.47. The molecule has 1 N–H and O–H groups in total. The van der Waals surface area contributed by atoms with Crippen molar-refractivity contribution in [2.45, 2.75) is 46.1 Å². The van der Waals surface area contributed by atoms with E-state index in [2.05, 4.69) is 24.2 Å². The Morgan fingerprint density at radius 1 is 1.41 bits per heavy atom. The summed E-state index contributed by atoms with van der Waals surface area (Å²) in [7, 11) is 0. The van der Waals surface area contributed by atoms with E-state index in [1.807, 2.05) is 6.92 Å². The molecular weight excluding hydrogens is 218 g/mol. The zero-order chi connectivity index (χ0) is 12.8. The maximum Gasteiger partial charge on any atom is 0.255 e. The number of carbonyl (C=O) groups excluding carboxylic acids is 2. The van der Waals surface area contributed by atoms with Gasteiger partial charge in [0.1, 0.15) is 0 Å². The number of hydrogen-bond donors (Lipinski definition) is 1. The van der Waals surface area contributed by atoms with Crippen molar-refractivity contribution in [3.8, 4) is 0 Å². The van der Waals surface area contributed by atoms with Crippen molar-refractivity contribution in [1.29, 1.82) is 0 Å². The van der Waals surface area contributed by atoms with Crippen LogP contribution in [0.15, 0.2) is 0 Å². The smallest absolute Gasteiger partial charge is 0.255 e. The normalized spacial score (nSPS) is 19.9. The first-order chi connectivity index (χ1) is 8.08. The fraction of sp³-hybridized carbons (Fsp3) is 0.833. The molecule has 0 aromatic rings. The first kappa shape index (κ1) is 14.0. The Morgan fingerprint density at radius 2 is 2.00 bits per heavy atom. The second-order valence-electron chi connectivity index (χ2n) is 4.63. The molecule has 0 radical (unpaired) electrons. The van der Waals surface area contributed by atoms with Gasteiger partial charge in [0.15, 0.2) is 0 Å². The SMILES string of the molecule is CCCN(CCC)CC(=O)N1NC(=O)CC1C. The van der Waals surface area contributed by atoms with E-state index >= 15 is 0 Å². The number of hydrazine groups is 1. The van der Waals surface area contributed by atoms with E-state index in [9.17, 15) is 9.59 Å². The van der Waals surface area contributed by atoms with Crippen LogP contribution >= 0.6 is 0 Å². The summed E-state index contributed by atoms with van der Waals surface area (Å²) in [4.78, 5) is 25.4. The Hall–Kier alpha value is -1.10. The third kappa shape index (κ3) is 4.00. The minimum absolute atomic E-state index is 0.00903. The van der Waals surface area contributed by atoms with Gasteiger partial charge in [-0.25, -0.2) is 5.01 Å². The van der Waals surface area contributed by atoms with Crippen molar-refractivity contribution in [3.63, 3.8) is 0 Å². The molecule has 5 nitrogen and oxygen atoms in total. The lowest BCUT2D eigenvalue weighted by Gasteiger charge is -2.25. The molecule has 17 heavy (non-hydrogen) atoms. The second kappa shape index (κ2) is 6.59. The summed E-state index contributed by atoms with van der Waals surface area (Å²) in [5.41, 5.74) is 2.61. The van der Waals surface area contributed by atoms with Crippen molar-refractivity contribution in [1.82, 2.24) is 15.3 Å². The first-order valence-corrected chi connectivity index (χ1v) is 6.42. The van der Waals surface area contributed by atoms with Gasteiger partial charge in [0.05, 0.1) is 19.0 Å². The maximum absolute atomic E-state index is 12.0. The van der Waals surface area contributed by atoms with Crippen LogP contribution in [0.1, 0.15) is 40.0 Å². The van der Waals surface area contributed by atoms with Gasteiger partial charge in [-0.15, -0.1) is 0 Å². The maximum atomic E-state index is 12.0. The summed E-state index contributed by atoms with van der Waals surface area (Å²) in [6.07, 6.45) is 2.48. The summed E-state index contributed by atoms with van der Waals surface area (Å²) in [5.74, 6) is -0.0753. The summed E-state index contributed by atoms with van der Waals surface area (Å²) in [6.45, 7) is 8.35. The molecule has 5 heteroatoms. The molecule has 1 rings (SSSR count). The van der Waals surface area contributed by atoms with Gasteiger partial charge < -0.3 is 0 Å². The van der Waals surface area contributed by atoms with Crippen LogP contribution < -0.4 is 5.43 Å². The molecule has 2 amide bonds. The van der Waals surface area contributed by atoms with Gasteiger partial charge in [-0.3, -0.25) is 19.9 Å². The molecule has 0 aromatic carbocycles. The summed E-state index contributed by atoms with van der Waals surface area (Å²) >= 11 is 0. The van der Waals surface area contributed by atoms with E-state index < -0.39 is 0 Å². The van der Waals surface area contributed by atoms with Crippen LogP contribution in [0.4, 0.5) is 0 Å². The Kier molecular flexibility index (Phi) is 5.41. The predicted octanol–water partition coefficient (Wildman–Crippen LogP) is 0.760. The molecule has 0 aliphatic carbocycles. The van der Waals surface area contributed by atoms with Crippen LogP contribution in [0.25, 0.3) is 0 Å². The zero-order valence-corrected chi connectivity index (χ0v) is 11.0. The minimum atomic E-state index is -0.0663. The lowest BCUT2D eigenvalue weighted by atomic mass is 10.2. The van der Waals surface area contributed by atoms with Gasteiger partial charge in [0.25, 0.3) is 5.91 Å². The van der Waals surface area contributed by atoms with E-state index in [0.29, 0.717) is 13.0 Å². The van der Waals surface area contributed by atoms with E-state index in [-0.39, 0.29) is 17.9 Å². The highest BCUT2D eigenvalue weighted by molar-refractivity contribution is 5.86. The summed E-state index contributed by atoms with van der Waals surface area (Å²) in [6, 6.07) is -0.0277. The monoisotopic (exact) mass is 241 g/mol. The Balaban J connectivity index is 2.48. The van der Waals surface area contributed by atoms with Crippen LogP contribution in [0.3, 0.4) is 0 Å². The third-order valence-corrected chi connectivity index (χ3v) is 2.87. The Labute approximate surface area is 103 Å². The zero-order valence-electron chi connectivity index (χ0n) is 11.0. The molecule has 0 aromatic heterocycles. The van der Waals surface area contributed by atoms with Crippen LogP contribution in [0.5, 0.6) is 0 Å².